The zero-order valence-electron chi connectivity index (χ0n) is 8.96. The molecule has 2 rings (SSSR count). The molecule has 0 aromatic heterocycles. The van der Waals surface area contributed by atoms with Gasteiger partial charge in [0.25, 0.3) is 0 Å². The lowest BCUT2D eigenvalue weighted by Gasteiger charge is -2.06. The van der Waals surface area contributed by atoms with Crippen molar-refractivity contribution in [2.45, 2.75) is 0 Å². The van der Waals surface area contributed by atoms with E-state index >= 15 is 0 Å². The SMILES string of the molecule is COc1ccc(C#CCCl)c2ccccc12. The summed E-state index contributed by atoms with van der Waals surface area (Å²) in [5.41, 5.74) is 0.983. The summed E-state index contributed by atoms with van der Waals surface area (Å²) in [5, 5.41) is 2.17. The summed E-state index contributed by atoms with van der Waals surface area (Å²) in [5.74, 6) is 7.14. The number of fused-ring (bicyclic) bond motifs is 1. The van der Waals surface area contributed by atoms with Gasteiger partial charge in [0.05, 0.1) is 13.0 Å². The van der Waals surface area contributed by atoms with E-state index in [2.05, 4.69) is 11.8 Å². The second-order valence-electron chi connectivity index (χ2n) is 3.30. The van der Waals surface area contributed by atoms with E-state index in [9.17, 15) is 0 Å². The Morgan fingerprint density at radius 1 is 1.12 bits per heavy atom. The van der Waals surface area contributed by atoms with Crippen LogP contribution in [0.5, 0.6) is 5.75 Å². The Hall–Kier alpha value is -1.65. The lowest BCUT2D eigenvalue weighted by Crippen LogP contribution is -1.87. The highest BCUT2D eigenvalue weighted by atomic mass is 35.5. The monoisotopic (exact) mass is 230 g/mol. The van der Waals surface area contributed by atoms with Crippen LogP contribution >= 0.6 is 11.6 Å². The van der Waals surface area contributed by atoms with Crippen LogP contribution < -0.4 is 4.74 Å². The summed E-state index contributed by atoms with van der Waals surface area (Å²) < 4.78 is 5.31. The number of methoxy groups -OCH3 is 1. The van der Waals surface area contributed by atoms with E-state index in [1.807, 2.05) is 36.4 Å². The molecule has 1 nitrogen and oxygen atoms in total. The van der Waals surface area contributed by atoms with Gasteiger partial charge >= 0.3 is 0 Å². The third-order valence-corrected chi connectivity index (χ3v) is 2.53. The average Bonchev–Trinajstić information content (AvgIpc) is 2.36. The highest BCUT2D eigenvalue weighted by Gasteiger charge is 2.03. The van der Waals surface area contributed by atoms with Crippen LogP contribution in [0.3, 0.4) is 0 Å². The molecule has 0 bridgehead atoms. The molecule has 0 radical (unpaired) electrons. The molecule has 0 saturated heterocycles. The summed E-state index contributed by atoms with van der Waals surface area (Å²) in [6.07, 6.45) is 0. The van der Waals surface area contributed by atoms with Gasteiger partial charge in [0.2, 0.25) is 0 Å². The molecule has 0 unspecified atom stereocenters. The molecular weight excluding hydrogens is 220 g/mol. The number of benzene rings is 2. The molecule has 16 heavy (non-hydrogen) atoms. The van der Waals surface area contributed by atoms with Gasteiger partial charge < -0.3 is 4.74 Å². The molecule has 0 amide bonds. The van der Waals surface area contributed by atoms with Crippen molar-refractivity contribution in [3.63, 3.8) is 0 Å². The fourth-order valence-electron chi connectivity index (χ4n) is 1.69. The highest BCUT2D eigenvalue weighted by molar-refractivity contribution is 6.19. The summed E-state index contributed by atoms with van der Waals surface area (Å²) in [4.78, 5) is 0. The molecular formula is C14H11ClO. The van der Waals surface area contributed by atoms with Crippen LogP contribution in [0.15, 0.2) is 36.4 Å². The Balaban J connectivity index is 2.69. The van der Waals surface area contributed by atoms with E-state index in [0.717, 1.165) is 22.1 Å². The molecule has 0 N–H and O–H groups in total. The first-order valence-corrected chi connectivity index (χ1v) is 5.51. The average molecular weight is 231 g/mol. The molecule has 0 aliphatic heterocycles. The van der Waals surface area contributed by atoms with Crippen molar-refractivity contribution in [1.82, 2.24) is 0 Å². The Bertz CT molecular complexity index is 564. The maximum absolute atomic E-state index is 5.56. The van der Waals surface area contributed by atoms with Crippen LogP contribution in [-0.4, -0.2) is 13.0 Å². The number of hydrogen-bond donors (Lipinski definition) is 0. The fourth-order valence-corrected chi connectivity index (χ4v) is 1.75. The Kier molecular flexibility index (Phi) is 3.34. The Morgan fingerprint density at radius 2 is 1.88 bits per heavy atom. The predicted octanol–water partition coefficient (Wildman–Crippen LogP) is 3.44. The van der Waals surface area contributed by atoms with Crippen LogP contribution in [0.2, 0.25) is 0 Å². The van der Waals surface area contributed by atoms with Gasteiger partial charge in [-0.1, -0.05) is 36.1 Å². The van der Waals surface area contributed by atoms with Crippen LogP contribution in [0, 0.1) is 11.8 Å². The van der Waals surface area contributed by atoms with Crippen molar-refractivity contribution in [2.75, 3.05) is 13.0 Å². The molecule has 0 heterocycles. The summed E-state index contributed by atoms with van der Waals surface area (Å²) in [6, 6.07) is 11.9. The molecule has 0 saturated carbocycles. The van der Waals surface area contributed by atoms with Gasteiger partial charge in [-0.25, -0.2) is 0 Å². The zero-order valence-corrected chi connectivity index (χ0v) is 9.71. The second-order valence-corrected chi connectivity index (χ2v) is 3.56. The first-order valence-electron chi connectivity index (χ1n) is 4.97. The summed E-state index contributed by atoms with van der Waals surface area (Å²) in [7, 11) is 1.67. The van der Waals surface area contributed by atoms with Crippen LogP contribution in [0.1, 0.15) is 5.56 Å². The summed E-state index contributed by atoms with van der Waals surface area (Å²) >= 11 is 5.56. The minimum atomic E-state index is 0.348. The topological polar surface area (TPSA) is 9.23 Å². The fraction of sp³-hybridized carbons (Fsp3) is 0.143. The van der Waals surface area contributed by atoms with Crippen molar-refractivity contribution in [3.05, 3.63) is 42.0 Å². The van der Waals surface area contributed by atoms with E-state index < -0.39 is 0 Å². The number of halogens is 1. The molecule has 2 heteroatoms. The van der Waals surface area contributed by atoms with Gasteiger partial charge in [0.1, 0.15) is 5.75 Å². The van der Waals surface area contributed by atoms with Gasteiger partial charge in [0.15, 0.2) is 0 Å². The van der Waals surface area contributed by atoms with Gasteiger partial charge in [-0.15, -0.1) is 11.6 Å². The number of rotatable bonds is 1. The Labute approximate surface area is 100.0 Å². The van der Waals surface area contributed by atoms with Gasteiger partial charge in [-0.3, -0.25) is 0 Å². The number of alkyl halides is 1. The lowest BCUT2D eigenvalue weighted by atomic mass is 10.0. The molecule has 0 spiro atoms. The third kappa shape index (κ3) is 1.98. The van der Waals surface area contributed by atoms with E-state index in [4.69, 9.17) is 16.3 Å². The van der Waals surface area contributed by atoms with E-state index in [1.165, 1.54) is 0 Å². The van der Waals surface area contributed by atoms with Crippen molar-refractivity contribution < 1.29 is 4.74 Å². The van der Waals surface area contributed by atoms with Gasteiger partial charge in [0, 0.05) is 16.3 Å². The second kappa shape index (κ2) is 4.92. The van der Waals surface area contributed by atoms with E-state index in [0.29, 0.717) is 5.88 Å². The Morgan fingerprint density at radius 3 is 2.56 bits per heavy atom. The van der Waals surface area contributed by atoms with Crippen LogP contribution in [0.25, 0.3) is 10.8 Å². The van der Waals surface area contributed by atoms with Gasteiger partial charge in [-0.05, 0) is 12.1 Å². The molecule has 0 aliphatic carbocycles. The number of hydrogen-bond acceptors (Lipinski definition) is 1. The van der Waals surface area contributed by atoms with Crippen LogP contribution in [0.4, 0.5) is 0 Å². The largest absolute Gasteiger partial charge is 0.496 e. The standard InChI is InChI=1S/C14H11ClO/c1-16-14-9-8-11(5-4-10-15)12-6-2-3-7-13(12)14/h2-3,6-9H,10H2,1H3. The first kappa shape index (κ1) is 10.9. The smallest absolute Gasteiger partial charge is 0.126 e. The predicted molar refractivity (Wildman–Crippen MR) is 68.1 cm³/mol. The summed E-state index contributed by atoms with van der Waals surface area (Å²) in [6.45, 7) is 0. The minimum absolute atomic E-state index is 0.348. The quantitative estimate of drug-likeness (QED) is 0.539. The maximum atomic E-state index is 5.56. The molecule has 2 aromatic rings. The molecule has 0 atom stereocenters. The zero-order chi connectivity index (χ0) is 11.4. The first-order chi connectivity index (χ1) is 7.86. The van der Waals surface area contributed by atoms with Crippen LogP contribution in [-0.2, 0) is 0 Å². The van der Waals surface area contributed by atoms with E-state index in [1.54, 1.807) is 7.11 Å². The highest BCUT2D eigenvalue weighted by Crippen LogP contribution is 2.27. The maximum Gasteiger partial charge on any atom is 0.126 e. The van der Waals surface area contributed by atoms with E-state index in [-0.39, 0.29) is 0 Å². The molecule has 0 aliphatic rings. The molecule has 2 aromatic carbocycles. The normalized spacial score (nSPS) is 9.62. The van der Waals surface area contributed by atoms with Crippen molar-refractivity contribution in [1.29, 1.82) is 0 Å². The molecule has 80 valence electrons. The van der Waals surface area contributed by atoms with Gasteiger partial charge in [-0.2, -0.15) is 0 Å². The van der Waals surface area contributed by atoms with Crippen molar-refractivity contribution >= 4 is 22.4 Å². The van der Waals surface area contributed by atoms with Crippen molar-refractivity contribution in [2.24, 2.45) is 0 Å². The lowest BCUT2D eigenvalue weighted by molar-refractivity contribution is 0.420. The molecule has 0 fully saturated rings. The third-order valence-electron chi connectivity index (χ3n) is 2.39. The number of ether oxygens (including phenoxy) is 1. The minimum Gasteiger partial charge on any atom is -0.496 e. The van der Waals surface area contributed by atoms with Crippen molar-refractivity contribution in [3.8, 4) is 17.6 Å².